The van der Waals surface area contributed by atoms with Crippen molar-refractivity contribution in [3.63, 3.8) is 0 Å². The van der Waals surface area contributed by atoms with Crippen LogP contribution in [0.2, 0.25) is 0 Å². The zero-order valence-electron chi connectivity index (χ0n) is 16.6. The average Bonchev–Trinajstić information content (AvgIpc) is 2.69. The van der Waals surface area contributed by atoms with Gasteiger partial charge in [0.2, 0.25) is 0 Å². The lowest BCUT2D eigenvalue weighted by Crippen LogP contribution is -2.38. The number of ether oxygens (including phenoxy) is 2. The van der Waals surface area contributed by atoms with Gasteiger partial charge in [0, 0.05) is 31.6 Å². The highest BCUT2D eigenvalue weighted by molar-refractivity contribution is 5.79. The van der Waals surface area contributed by atoms with E-state index in [4.69, 9.17) is 4.74 Å². The summed E-state index contributed by atoms with van der Waals surface area (Å²) in [5.74, 6) is 1.76. The molecule has 0 radical (unpaired) electrons. The van der Waals surface area contributed by atoms with Crippen LogP contribution in [0.5, 0.6) is 11.5 Å². The zero-order chi connectivity index (χ0) is 20.5. The second kappa shape index (κ2) is 10.5. The molecule has 152 valence electrons. The van der Waals surface area contributed by atoms with E-state index in [-0.39, 0.29) is 11.7 Å². The van der Waals surface area contributed by atoms with Crippen LogP contribution in [0, 0.1) is 6.92 Å². The third-order valence-corrected chi connectivity index (χ3v) is 4.35. The molecule has 2 aromatic rings. The third kappa shape index (κ3) is 6.11. The van der Waals surface area contributed by atoms with Gasteiger partial charge in [-0.05, 0) is 24.6 Å². The maximum Gasteiger partial charge on any atom is 0.387 e. The molecule has 0 bridgehead atoms. The predicted octanol–water partition coefficient (Wildman–Crippen LogP) is 4.07. The van der Waals surface area contributed by atoms with Gasteiger partial charge in [0.15, 0.2) is 5.96 Å². The molecular weight excluding hydrogens is 364 g/mol. The fraction of sp³-hybridized carbons (Fsp3) is 0.381. The van der Waals surface area contributed by atoms with Gasteiger partial charge in [0.05, 0.1) is 7.11 Å². The second-order valence-corrected chi connectivity index (χ2v) is 6.44. The molecule has 1 atom stereocenters. The summed E-state index contributed by atoms with van der Waals surface area (Å²) in [6, 6.07) is 13.0. The van der Waals surface area contributed by atoms with Gasteiger partial charge in [0.1, 0.15) is 11.5 Å². The molecular formula is C21H27F2N3O2. The Bertz CT molecular complexity index is 797. The molecule has 0 aliphatic rings. The Morgan fingerprint density at radius 2 is 1.86 bits per heavy atom. The van der Waals surface area contributed by atoms with Crippen LogP contribution >= 0.6 is 0 Å². The summed E-state index contributed by atoms with van der Waals surface area (Å²) in [5, 5.41) is 6.40. The van der Waals surface area contributed by atoms with Crippen LogP contribution in [0.15, 0.2) is 47.5 Å². The first-order valence-corrected chi connectivity index (χ1v) is 9.06. The number of aryl methyl sites for hydroxylation is 1. The number of rotatable bonds is 8. The summed E-state index contributed by atoms with van der Waals surface area (Å²) in [5.41, 5.74) is 2.70. The number of para-hydroxylation sites is 1. The molecule has 0 aromatic heterocycles. The van der Waals surface area contributed by atoms with Crippen molar-refractivity contribution in [3.8, 4) is 11.5 Å². The molecule has 5 nitrogen and oxygen atoms in total. The van der Waals surface area contributed by atoms with Crippen molar-refractivity contribution in [2.24, 2.45) is 4.99 Å². The second-order valence-electron chi connectivity index (χ2n) is 6.44. The van der Waals surface area contributed by atoms with Gasteiger partial charge in [-0.2, -0.15) is 8.78 Å². The first kappa shape index (κ1) is 21.5. The molecule has 2 N–H and O–H groups in total. The summed E-state index contributed by atoms with van der Waals surface area (Å²) >= 11 is 0. The number of aliphatic imine (C=N–C) groups is 1. The fourth-order valence-corrected chi connectivity index (χ4v) is 2.89. The molecule has 0 amide bonds. The normalized spacial score (nSPS) is 12.6. The van der Waals surface area contributed by atoms with Gasteiger partial charge >= 0.3 is 6.61 Å². The first-order chi connectivity index (χ1) is 13.4. The molecule has 0 aliphatic heterocycles. The van der Waals surface area contributed by atoms with E-state index >= 15 is 0 Å². The zero-order valence-corrected chi connectivity index (χ0v) is 16.6. The molecule has 0 saturated heterocycles. The van der Waals surface area contributed by atoms with Crippen molar-refractivity contribution >= 4 is 5.96 Å². The molecule has 0 heterocycles. The quantitative estimate of drug-likeness (QED) is 0.526. The number of hydrogen-bond donors (Lipinski definition) is 2. The van der Waals surface area contributed by atoms with E-state index in [0.29, 0.717) is 24.6 Å². The molecule has 0 aliphatic carbocycles. The minimum Gasteiger partial charge on any atom is -0.496 e. The Kier molecular flexibility index (Phi) is 8.04. The largest absolute Gasteiger partial charge is 0.496 e. The smallest absolute Gasteiger partial charge is 0.387 e. The van der Waals surface area contributed by atoms with Crippen LogP contribution in [0.1, 0.15) is 29.5 Å². The number of alkyl halides is 2. The predicted molar refractivity (Wildman–Crippen MR) is 107 cm³/mol. The summed E-state index contributed by atoms with van der Waals surface area (Å²) in [6.07, 6.45) is 0. The van der Waals surface area contributed by atoms with E-state index in [1.807, 2.05) is 37.3 Å². The standard InChI is InChI=1S/C21H27F2N3O2/c1-14-9-10-18(28-20(22)23)16(11-14)13-26-21(24-3)25-12-15(2)17-7-5-6-8-19(17)27-4/h5-11,15,20H,12-13H2,1-4H3,(H2,24,25,26). The minimum absolute atomic E-state index is 0.158. The highest BCUT2D eigenvalue weighted by Gasteiger charge is 2.13. The lowest BCUT2D eigenvalue weighted by atomic mass is 10.0. The number of halogens is 2. The minimum atomic E-state index is -2.86. The average molecular weight is 391 g/mol. The molecule has 2 rings (SSSR count). The van der Waals surface area contributed by atoms with E-state index < -0.39 is 6.61 Å². The SMILES string of the molecule is CN=C(NCc1cc(C)ccc1OC(F)F)NCC(C)c1ccccc1OC. The highest BCUT2D eigenvalue weighted by Crippen LogP contribution is 2.25. The highest BCUT2D eigenvalue weighted by atomic mass is 19.3. The number of hydrogen-bond acceptors (Lipinski definition) is 3. The van der Waals surface area contributed by atoms with E-state index in [1.54, 1.807) is 26.3 Å². The number of nitrogens with one attached hydrogen (secondary N) is 2. The topological polar surface area (TPSA) is 54.9 Å². The lowest BCUT2D eigenvalue weighted by molar-refractivity contribution is -0.0504. The van der Waals surface area contributed by atoms with Crippen molar-refractivity contribution in [3.05, 3.63) is 59.2 Å². The van der Waals surface area contributed by atoms with E-state index in [0.717, 1.165) is 16.9 Å². The maximum absolute atomic E-state index is 12.6. The van der Waals surface area contributed by atoms with Gasteiger partial charge in [-0.3, -0.25) is 4.99 Å². The summed E-state index contributed by atoms with van der Waals surface area (Å²) in [7, 11) is 3.32. The van der Waals surface area contributed by atoms with Gasteiger partial charge in [-0.25, -0.2) is 0 Å². The Labute approximate surface area is 164 Å². The number of methoxy groups -OCH3 is 1. The summed E-state index contributed by atoms with van der Waals surface area (Å²) in [4.78, 5) is 4.20. The molecule has 0 spiro atoms. The molecule has 7 heteroatoms. The van der Waals surface area contributed by atoms with Crippen LogP contribution in [0.25, 0.3) is 0 Å². The van der Waals surface area contributed by atoms with Crippen molar-refractivity contribution in [2.75, 3.05) is 20.7 Å². The monoisotopic (exact) mass is 391 g/mol. The Morgan fingerprint density at radius 3 is 2.54 bits per heavy atom. The van der Waals surface area contributed by atoms with E-state index in [9.17, 15) is 8.78 Å². The Hall–Kier alpha value is -2.83. The number of nitrogens with zero attached hydrogens (tertiary/aromatic N) is 1. The number of benzene rings is 2. The van der Waals surface area contributed by atoms with Gasteiger partial charge < -0.3 is 20.1 Å². The summed E-state index contributed by atoms with van der Waals surface area (Å²) < 4.78 is 35.2. The first-order valence-electron chi connectivity index (χ1n) is 9.06. The van der Waals surface area contributed by atoms with Crippen molar-refractivity contribution in [2.45, 2.75) is 32.9 Å². The Balaban J connectivity index is 1.97. The van der Waals surface area contributed by atoms with E-state index in [2.05, 4.69) is 27.3 Å². The van der Waals surface area contributed by atoms with Crippen LogP contribution in [0.4, 0.5) is 8.78 Å². The van der Waals surface area contributed by atoms with Gasteiger partial charge in [-0.15, -0.1) is 0 Å². The van der Waals surface area contributed by atoms with Crippen LogP contribution < -0.4 is 20.1 Å². The maximum atomic E-state index is 12.6. The van der Waals surface area contributed by atoms with Gasteiger partial charge in [0.25, 0.3) is 0 Å². The van der Waals surface area contributed by atoms with Crippen LogP contribution in [-0.4, -0.2) is 33.3 Å². The van der Waals surface area contributed by atoms with Crippen LogP contribution in [-0.2, 0) is 6.54 Å². The van der Waals surface area contributed by atoms with Gasteiger partial charge in [-0.1, -0.05) is 42.8 Å². The summed E-state index contributed by atoms with van der Waals surface area (Å²) in [6.45, 7) is 2.08. The van der Waals surface area contributed by atoms with E-state index in [1.165, 1.54) is 0 Å². The lowest BCUT2D eigenvalue weighted by Gasteiger charge is -2.19. The third-order valence-electron chi connectivity index (χ3n) is 4.35. The van der Waals surface area contributed by atoms with Crippen molar-refractivity contribution in [1.29, 1.82) is 0 Å². The fourth-order valence-electron chi connectivity index (χ4n) is 2.89. The Morgan fingerprint density at radius 1 is 1.11 bits per heavy atom. The molecule has 28 heavy (non-hydrogen) atoms. The van der Waals surface area contributed by atoms with Crippen molar-refractivity contribution < 1.29 is 18.3 Å². The van der Waals surface area contributed by atoms with Crippen LogP contribution in [0.3, 0.4) is 0 Å². The molecule has 0 saturated carbocycles. The molecule has 2 aromatic carbocycles. The number of guanidine groups is 1. The molecule has 1 unspecified atom stereocenters. The molecule has 0 fully saturated rings. The van der Waals surface area contributed by atoms with Crippen molar-refractivity contribution in [1.82, 2.24) is 10.6 Å².